The molecular formula is C28H28BrOP. The van der Waals surface area contributed by atoms with Crippen molar-refractivity contribution in [1.82, 2.24) is 0 Å². The molecule has 7 rings (SSSR count). The number of rotatable bonds is 4. The molecule has 3 aromatic rings. The largest absolute Gasteiger partial charge is 0.309 e. The zero-order chi connectivity index (χ0) is 21.1. The number of hydrogen-bond acceptors (Lipinski definition) is 1. The highest BCUT2D eigenvalue weighted by atomic mass is 79.9. The minimum Gasteiger partial charge on any atom is -0.309 e. The van der Waals surface area contributed by atoms with Gasteiger partial charge in [-0.15, -0.1) is 0 Å². The zero-order valence-electron chi connectivity index (χ0n) is 17.7. The molecular weight excluding hydrogens is 463 g/mol. The van der Waals surface area contributed by atoms with Crippen LogP contribution in [0.4, 0.5) is 0 Å². The van der Waals surface area contributed by atoms with E-state index >= 15 is 0 Å². The molecule has 0 aliphatic heterocycles. The first-order valence-corrected chi connectivity index (χ1v) is 14.0. The summed E-state index contributed by atoms with van der Waals surface area (Å²) in [6.07, 6.45) is 8.02. The number of alkyl halides is 1. The molecule has 4 bridgehead atoms. The van der Waals surface area contributed by atoms with Crippen LogP contribution in [0, 0.1) is 11.8 Å². The van der Waals surface area contributed by atoms with Crippen LogP contribution in [0.2, 0.25) is 0 Å². The predicted octanol–water partition coefficient (Wildman–Crippen LogP) is 6.31. The van der Waals surface area contributed by atoms with E-state index in [0.29, 0.717) is 9.74 Å². The number of benzene rings is 3. The van der Waals surface area contributed by atoms with E-state index in [1.165, 1.54) is 44.1 Å². The fraction of sp³-hybridized carbons (Fsp3) is 0.357. The molecule has 3 heteroatoms. The van der Waals surface area contributed by atoms with Crippen LogP contribution in [0.1, 0.15) is 44.1 Å². The Kier molecular flexibility index (Phi) is 4.64. The third kappa shape index (κ3) is 3.21. The molecule has 3 aromatic carbocycles. The third-order valence-corrected chi connectivity index (χ3v) is 12.1. The monoisotopic (exact) mass is 490 g/mol. The Morgan fingerprint density at radius 1 is 0.677 bits per heavy atom. The summed E-state index contributed by atoms with van der Waals surface area (Å²) >= 11 is 4.15. The molecule has 2 unspecified atom stereocenters. The second kappa shape index (κ2) is 7.19. The lowest BCUT2D eigenvalue weighted by Gasteiger charge is -2.60. The van der Waals surface area contributed by atoms with Crippen molar-refractivity contribution in [3.63, 3.8) is 0 Å². The number of halogens is 1. The van der Waals surface area contributed by atoms with Gasteiger partial charge >= 0.3 is 0 Å². The van der Waals surface area contributed by atoms with E-state index in [1.54, 1.807) is 0 Å². The first-order chi connectivity index (χ1) is 15.0. The molecule has 2 atom stereocenters. The van der Waals surface area contributed by atoms with Gasteiger partial charge < -0.3 is 4.57 Å². The van der Waals surface area contributed by atoms with Gasteiger partial charge in [0.05, 0.1) is 0 Å². The van der Waals surface area contributed by atoms with E-state index in [2.05, 4.69) is 40.2 Å². The lowest BCUT2D eigenvalue weighted by Crippen LogP contribution is -2.54. The summed E-state index contributed by atoms with van der Waals surface area (Å²) in [5.41, 5.74) is 1.76. The summed E-state index contributed by atoms with van der Waals surface area (Å²) in [5.74, 6) is 1.72. The molecule has 0 N–H and O–H groups in total. The van der Waals surface area contributed by atoms with Crippen LogP contribution in [0.25, 0.3) is 0 Å². The molecule has 4 fully saturated rings. The Balaban J connectivity index is 1.42. The van der Waals surface area contributed by atoms with Gasteiger partial charge in [-0.05, 0) is 61.3 Å². The Morgan fingerprint density at radius 2 is 1.16 bits per heavy atom. The second-order valence-corrected chi connectivity index (χ2v) is 14.7. The third-order valence-electron chi connectivity index (χ3n) is 8.07. The van der Waals surface area contributed by atoms with Crippen LogP contribution in [-0.2, 0) is 9.98 Å². The normalized spacial score (nSPS) is 31.6. The lowest BCUT2D eigenvalue weighted by atomic mass is 9.48. The van der Waals surface area contributed by atoms with Crippen LogP contribution < -0.4 is 15.9 Å². The van der Waals surface area contributed by atoms with Crippen molar-refractivity contribution < 1.29 is 4.57 Å². The maximum Gasteiger partial charge on any atom is 0.171 e. The van der Waals surface area contributed by atoms with E-state index in [1.807, 2.05) is 60.7 Å². The maximum atomic E-state index is 14.6. The van der Waals surface area contributed by atoms with Crippen molar-refractivity contribution in [3.05, 3.63) is 90.5 Å². The maximum absolute atomic E-state index is 14.6. The topological polar surface area (TPSA) is 17.1 Å². The Hall–Kier alpha value is -1.63. The smallest absolute Gasteiger partial charge is 0.171 e. The Bertz CT molecular complexity index is 1080. The van der Waals surface area contributed by atoms with Crippen molar-refractivity contribution in [3.8, 4) is 0 Å². The summed E-state index contributed by atoms with van der Waals surface area (Å²) in [5, 5.41) is 2.75. The Morgan fingerprint density at radius 3 is 1.65 bits per heavy atom. The molecule has 4 aliphatic rings. The van der Waals surface area contributed by atoms with Crippen molar-refractivity contribution in [2.24, 2.45) is 11.8 Å². The molecule has 0 heterocycles. The quantitative estimate of drug-likeness (QED) is 0.309. The van der Waals surface area contributed by atoms with Crippen LogP contribution in [0.5, 0.6) is 0 Å². The van der Waals surface area contributed by atoms with Crippen LogP contribution in [0.3, 0.4) is 0 Å². The van der Waals surface area contributed by atoms with Crippen molar-refractivity contribution in [2.45, 2.75) is 48.3 Å². The highest BCUT2D eigenvalue weighted by Crippen LogP contribution is 2.64. The van der Waals surface area contributed by atoms with Crippen molar-refractivity contribution in [1.29, 1.82) is 0 Å². The van der Waals surface area contributed by atoms with E-state index < -0.39 is 7.14 Å². The zero-order valence-corrected chi connectivity index (χ0v) is 20.2. The lowest BCUT2D eigenvalue weighted by molar-refractivity contribution is 0.0149. The molecule has 0 saturated heterocycles. The minimum absolute atomic E-state index is 0.301. The summed E-state index contributed by atoms with van der Waals surface area (Å²) in [6.45, 7) is 0. The first kappa shape index (κ1) is 20.0. The fourth-order valence-corrected chi connectivity index (χ4v) is 11.3. The average molecular weight is 491 g/mol. The first-order valence-electron chi connectivity index (χ1n) is 11.5. The van der Waals surface area contributed by atoms with E-state index in [4.69, 9.17) is 0 Å². The molecule has 1 nitrogen and oxygen atoms in total. The standard InChI is InChI=1S/C28H28BrOP/c29-28-18-21-15-22(19-28)17-27(16-21,20-28)23-11-13-26(14-12-23)31(30,24-7-3-1-4-8-24)25-9-5-2-6-10-25/h1-14,21-22H,15-20H2. The SMILES string of the molecule is O=P(c1ccccc1)(c1ccccc1)c1ccc(C23CC4CC(CC(Br)(C4)C2)C3)cc1. The summed E-state index contributed by atoms with van der Waals surface area (Å²) in [6, 6.07) is 28.9. The molecule has 0 amide bonds. The molecule has 158 valence electrons. The molecule has 0 spiro atoms. The van der Waals surface area contributed by atoms with E-state index in [0.717, 1.165) is 27.7 Å². The van der Waals surface area contributed by atoms with E-state index in [9.17, 15) is 4.57 Å². The summed E-state index contributed by atoms with van der Waals surface area (Å²) < 4.78 is 15.0. The molecule has 4 saturated carbocycles. The second-order valence-electron chi connectivity index (χ2n) is 10.2. The highest BCUT2D eigenvalue weighted by molar-refractivity contribution is 9.10. The molecule has 31 heavy (non-hydrogen) atoms. The summed E-state index contributed by atoms with van der Waals surface area (Å²) in [4.78, 5) is 0. The Labute approximate surface area is 193 Å². The van der Waals surface area contributed by atoms with Gasteiger partial charge in [0.15, 0.2) is 7.14 Å². The number of hydrogen-bond donors (Lipinski definition) is 0. The molecule has 4 aliphatic carbocycles. The van der Waals surface area contributed by atoms with Gasteiger partial charge in [0.2, 0.25) is 0 Å². The average Bonchev–Trinajstić information content (AvgIpc) is 2.78. The van der Waals surface area contributed by atoms with Crippen LogP contribution in [0.15, 0.2) is 84.9 Å². The van der Waals surface area contributed by atoms with Gasteiger partial charge in [-0.1, -0.05) is 101 Å². The van der Waals surface area contributed by atoms with Gasteiger partial charge in [-0.2, -0.15) is 0 Å². The minimum atomic E-state index is -2.89. The molecule has 0 radical (unpaired) electrons. The summed E-state index contributed by atoms with van der Waals surface area (Å²) in [7, 11) is -2.89. The van der Waals surface area contributed by atoms with Gasteiger partial charge in [-0.3, -0.25) is 0 Å². The van der Waals surface area contributed by atoms with Crippen LogP contribution in [-0.4, -0.2) is 4.32 Å². The van der Waals surface area contributed by atoms with Gasteiger partial charge in [0.1, 0.15) is 0 Å². The van der Waals surface area contributed by atoms with Crippen molar-refractivity contribution >= 4 is 39.0 Å². The van der Waals surface area contributed by atoms with Gasteiger partial charge in [0.25, 0.3) is 0 Å². The molecule has 0 aromatic heterocycles. The predicted molar refractivity (Wildman–Crippen MR) is 134 cm³/mol. The van der Waals surface area contributed by atoms with E-state index in [-0.39, 0.29) is 0 Å². The van der Waals surface area contributed by atoms with Crippen molar-refractivity contribution in [2.75, 3.05) is 0 Å². The van der Waals surface area contributed by atoms with Gasteiger partial charge in [0, 0.05) is 20.2 Å². The highest BCUT2D eigenvalue weighted by Gasteiger charge is 2.57. The van der Waals surface area contributed by atoms with Crippen LogP contribution >= 0.6 is 23.1 Å². The van der Waals surface area contributed by atoms with Gasteiger partial charge in [-0.25, -0.2) is 0 Å². The fourth-order valence-electron chi connectivity index (χ4n) is 7.24.